The highest BCUT2D eigenvalue weighted by Crippen LogP contribution is 2.23. The van der Waals surface area contributed by atoms with E-state index in [1.165, 1.54) is 28.0 Å². The van der Waals surface area contributed by atoms with Gasteiger partial charge in [0.1, 0.15) is 0 Å². The normalized spacial score (nSPS) is 11.1. The fraction of sp³-hybridized carbons (Fsp3) is 0.688. The van der Waals surface area contributed by atoms with Crippen molar-refractivity contribution in [1.29, 1.82) is 0 Å². The molecule has 112 valence electrons. The molecule has 0 saturated carbocycles. The quantitative estimate of drug-likeness (QED) is 0.390. The zero-order valence-electron chi connectivity index (χ0n) is 13.9. The summed E-state index contributed by atoms with van der Waals surface area (Å²) in [5, 5.41) is 0. The highest BCUT2D eigenvalue weighted by molar-refractivity contribution is 14.1. The van der Waals surface area contributed by atoms with Crippen LogP contribution in [0.1, 0.15) is 62.3 Å². The van der Waals surface area contributed by atoms with Crippen molar-refractivity contribution in [1.82, 2.24) is 0 Å². The average Bonchev–Trinajstić information content (AvgIpc) is 2.28. The van der Waals surface area contributed by atoms with E-state index in [1.807, 2.05) is 0 Å². The van der Waals surface area contributed by atoms with Crippen molar-refractivity contribution < 1.29 is 2.86 Å². The van der Waals surface area contributed by atoms with Crippen molar-refractivity contribution >= 4 is 28.9 Å². The lowest BCUT2D eigenvalue weighted by Gasteiger charge is -2.20. The molecule has 0 aromatic heterocycles. The van der Waals surface area contributed by atoms with Crippen LogP contribution in [0.15, 0.2) is 27.3 Å². The van der Waals surface area contributed by atoms with Gasteiger partial charge in [0.05, 0.1) is 5.71 Å². The topological polar surface area (TPSA) is 12.4 Å². The number of hydrogen-bond donors (Lipinski definition) is 0. The minimum Gasteiger partial charge on any atom is -0.282 e. The van der Waals surface area contributed by atoms with Crippen LogP contribution < -0.4 is 0 Å². The maximum Gasteiger partial charge on any atom is 0.171 e. The molecule has 1 nitrogen and oxygen atoms in total. The molecule has 0 atom stereocenters. The highest BCUT2D eigenvalue weighted by atomic mass is 127. The Balaban J connectivity index is 0. The first-order chi connectivity index (χ1) is 8.68. The summed E-state index contributed by atoms with van der Waals surface area (Å²) in [6.07, 6.45) is 0. The van der Waals surface area contributed by atoms with Crippen LogP contribution in [0.25, 0.3) is 0 Å². The molecule has 0 amide bonds. The summed E-state index contributed by atoms with van der Waals surface area (Å²) in [4.78, 5) is 4.84. The SMILES string of the molecule is CC(C)=C(C)C(=NC(C)C)C(=C(C)C)C(C)C.FI. The Kier molecular flexibility index (Phi) is 11.8. The van der Waals surface area contributed by atoms with Crippen LogP contribution >= 0.6 is 23.2 Å². The van der Waals surface area contributed by atoms with Gasteiger partial charge < -0.3 is 0 Å². The molecule has 0 saturated heterocycles. The van der Waals surface area contributed by atoms with Crippen LogP contribution in [0.4, 0.5) is 2.86 Å². The van der Waals surface area contributed by atoms with Gasteiger partial charge in [0.25, 0.3) is 0 Å². The maximum absolute atomic E-state index is 9.47. The van der Waals surface area contributed by atoms with Gasteiger partial charge in [0.15, 0.2) is 23.2 Å². The average molecular weight is 381 g/mol. The Labute approximate surface area is 133 Å². The summed E-state index contributed by atoms with van der Waals surface area (Å²) >= 11 is 0.650. The van der Waals surface area contributed by atoms with Gasteiger partial charge in [-0.25, -0.2) is 0 Å². The van der Waals surface area contributed by atoms with E-state index in [0.717, 1.165) is 0 Å². The van der Waals surface area contributed by atoms with Crippen molar-refractivity contribution in [2.24, 2.45) is 10.9 Å². The maximum atomic E-state index is 9.47. The second-order valence-corrected chi connectivity index (χ2v) is 5.76. The first-order valence-electron chi connectivity index (χ1n) is 6.72. The van der Waals surface area contributed by atoms with Gasteiger partial charge in [0, 0.05) is 6.04 Å². The van der Waals surface area contributed by atoms with Crippen molar-refractivity contribution in [3.63, 3.8) is 0 Å². The van der Waals surface area contributed by atoms with E-state index in [1.54, 1.807) is 0 Å². The smallest absolute Gasteiger partial charge is 0.171 e. The largest absolute Gasteiger partial charge is 0.282 e. The van der Waals surface area contributed by atoms with E-state index in [0.29, 0.717) is 35.1 Å². The van der Waals surface area contributed by atoms with Gasteiger partial charge in [0.2, 0.25) is 0 Å². The lowest BCUT2D eigenvalue weighted by molar-refractivity contribution is 0.778. The third kappa shape index (κ3) is 7.85. The molecule has 0 aliphatic carbocycles. The van der Waals surface area contributed by atoms with E-state index in [2.05, 4.69) is 62.3 Å². The predicted octanol–water partition coefficient (Wildman–Crippen LogP) is 6.49. The predicted molar refractivity (Wildman–Crippen MR) is 95.0 cm³/mol. The summed E-state index contributed by atoms with van der Waals surface area (Å²) in [6.45, 7) is 19.6. The molecule has 0 spiro atoms. The van der Waals surface area contributed by atoms with Crippen LogP contribution in [0.5, 0.6) is 0 Å². The molecule has 0 bridgehead atoms. The number of rotatable bonds is 4. The monoisotopic (exact) mass is 381 g/mol. The molecule has 0 aromatic rings. The zero-order valence-corrected chi connectivity index (χ0v) is 16.0. The van der Waals surface area contributed by atoms with E-state index in [-0.39, 0.29) is 0 Å². The molecular weight excluding hydrogens is 352 g/mol. The fourth-order valence-electron chi connectivity index (χ4n) is 1.95. The Bertz CT molecular complexity index is 355. The van der Waals surface area contributed by atoms with E-state index in [9.17, 15) is 2.86 Å². The Morgan fingerprint density at radius 1 is 0.842 bits per heavy atom. The number of allylic oxidation sites excluding steroid dienone is 4. The van der Waals surface area contributed by atoms with Gasteiger partial charge >= 0.3 is 0 Å². The fourth-order valence-corrected chi connectivity index (χ4v) is 1.95. The van der Waals surface area contributed by atoms with Crippen LogP contribution in [-0.4, -0.2) is 11.8 Å². The molecule has 0 aromatic carbocycles. The van der Waals surface area contributed by atoms with Crippen LogP contribution in [0.2, 0.25) is 0 Å². The second kappa shape index (κ2) is 10.6. The van der Waals surface area contributed by atoms with E-state index >= 15 is 0 Å². The highest BCUT2D eigenvalue weighted by Gasteiger charge is 2.15. The summed E-state index contributed by atoms with van der Waals surface area (Å²) in [5.74, 6) is 0.520. The Hall–Kier alpha value is -0.190. The molecule has 19 heavy (non-hydrogen) atoms. The zero-order chi connectivity index (χ0) is 15.7. The molecule has 0 aliphatic heterocycles. The molecule has 0 N–H and O–H groups in total. The number of nitrogens with zero attached hydrogens (tertiary/aromatic N) is 1. The first-order valence-corrected chi connectivity index (χ1v) is 7.54. The Morgan fingerprint density at radius 3 is 1.47 bits per heavy atom. The molecule has 0 heterocycles. The Morgan fingerprint density at radius 2 is 1.26 bits per heavy atom. The van der Waals surface area contributed by atoms with Crippen molar-refractivity contribution in [2.75, 3.05) is 0 Å². The molecule has 0 fully saturated rings. The van der Waals surface area contributed by atoms with Crippen molar-refractivity contribution in [3.8, 4) is 0 Å². The minimum absolute atomic E-state index is 0.340. The number of halogens is 2. The third-order valence-corrected chi connectivity index (χ3v) is 2.86. The summed E-state index contributed by atoms with van der Waals surface area (Å²) in [6, 6.07) is 0.340. The van der Waals surface area contributed by atoms with E-state index in [4.69, 9.17) is 4.99 Å². The molecule has 3 heteroatoms. The van der Waals surface area contributed by atoms with Crippen molar-refractivity contribution in [3.05, 3.63) is 22.3 Å². The first kappa shape index (κ1) is 21.1. The van der Waals surface area contributed by atoms with E-state index < -0.39 is 0 Å². The summed E-state index contributed by atoms with van der Waals surface area (Å²) in [7, 11) is 0. The second-order valence-electron chi connectivity index (χ2n) is 5.76. The lowest BCUT2D eigenvalue weighted by atomic mass is 9.89. The molecule has 0 rings (SSSR count). The van der Waals surface area contributed by atoms with Crippen molar-refractivity contribution in [2.45, 2.75) is 68.4 Å². The van der Waals surface area contributed by atoms with Crippen LogP contribution in [0.3, 0.4) is 0 Å². The van der Waals surface area contributed by atoms with Gasteiger partial charge in [-0.15, -0.1) is 0 Å². The number of aliphatic imine (C=N–C) groups is 1. The van der Waals surface area contributed by atoms with Crippen LogP contribution in [-0.2, 0) is 0 Å². The van der Waals surface area contributed by atoms with Gasteiger partial charge in [-0.05, 0) is 65.5 Å². The molecule has 0 aliphatic rings. The van der Waals surface area contributed by atoms with Crippen LogP contribution in [0, 0.1) is 5.92 Å². The minimum atomic E-state index is 0.340. The molecule has 0 unspecified atom stereocenters. The summed E-state index contributed by atoms with van der Waals surface area (Å²) in [5.41, 5.74) is 6.65. The van der Waals surface area contributed by atoms with Gasteiger partial charge in [-0.1, -0.05) is 25.0 Å². The molecular formula is C16H29FIN. The van der Waals surface area contributed by atoms with Gasteiger partial charge in [-0.2, -0.15) is 2.86 Å². The third-order valence-electron chi connectivity index (χ3n) is 2.86. The van der Waals surface area contributed by atoms with Gasteiger partial charge in [-0.3, -0.25) is 4.99 Å². The molecule has 0 radical (unpaired) electrons. The lowest BCUT2D eigenvalue weighted by Crippen LogP contribution is -2.15. The standard InChI is InChI=1S/C16H29N.FI/c1-10(2)14(9)16(17-13(7)8)15(11(3)4)12(5)6;1-2/h11,13H,1-9H3;. The number of hydrogen-bond acceptors (Lipinski definition) is 1. The summed E-state index contributed by atoms with van der Waals surface area (Å²) < 4.78 is 9.47.